The van der Waals surface area contributed by atoms with Gasteiger partial charge in [-0.1, -0.05) is 70.6 Å². The number of hydrogen-bond acceptors (Lipinski definition) is 15. The predicted molar refractivity (Wildman–Crippen MR) is 228 cm³/mol. The first kappa shape index (κ1) is 48.6. The topological polar surface area (TPSA) is 190 Å². The smallest absolute Gasteiger partial charge is 0.316 e. The molecule has 6 heterocycles. The highest BCUT2D eigenvalue weighted by Crippen LogP contribution is 2.49. The largest absolute Gasteiger partial charge is 0.462 e. The van der Waals surface area contributed by atoms with Gasteiger partial charge in [-0.2, -0.15) is 0 Å². The van der Waals surface area contributed by atoms with Gasteiger partial charge in [0, 0.05) is 57.3 Å². The van der Waals surface area contributed by atoms with E-state index in [0.717, 1.165) is 12.0 Å². The van der Waals surface area contributed by atoms with E-state index in [2.05, 4.69) is 32.9 Å². The number of carbonyl (C=O) groups is 1. The van der Waals surface area contributed by atoms with Gasteiger partial charge in [0.2, 0.25) is 0 Å². The Kier molecular flexibility index (Phi) is 15.3. The maximum Gasteiger partial charge on any atom is 0.316 e. The summed E-state index contributed by atoms with van der Waals surface area (Å²) in [6, 6.07) is 0. The van der Waals surface area contributed by atoms with Gasteiger partial charge in [-0.15, -0.1) is 0 Å². The molecule has 1 unspecified atom stereocenters. The summed E-state index contributed by atoms with van der Waals surface area (Å²) in [5.41, 5.74) is -0.749. The van der Waals surface area contributed by atoms with Crippen molar-refractivity contribution in [3.63, 3.8) is 0 Å². The van der Waals surface area contributed by atoms with E-state index < -0.39 is 109 Å². The van der Waals surface area contributed by atoms with Crippen LogP contribution in [-0.4, -0.2) is 144 Å². The van der Waals surface area contributed by atoms with E-state index in [1.165, 1.54) is 6.08 Å². The third-order valence-electron chi connectivity index (χ3n) is 14.6. The Hall–Kier alpha value is -2.35. The molecule has 0 amide bonds. The van der Waals surface area contributed by atoms with Crippen molar-refractivity contribution in [1.29, 1.82) is 0 Å². The highest BCUT2D eigenvalue weighted by Gasteiger charge is 2.63. The molecular formula is C48H72O15. The molecule has 63 heavy (non-hydrogen) atoms. The monoisotopic (exact) mass is 888 g/mol. The number of allylic oxidation sites excluding steroid dienone is 2. The molecule has 7 rings (SSSR count). The maximum absolute atomic E-state index is 14.4. The molecule has 7 aliphatic rings. The average Bonchev–Trinajstić information content (AvgIpc) is 3.51. The van der Waals surface area contributed by atoms with Crippen molar-refractivity contribution in [2.45, 2.75) is 197 Å². The minimum atomic E-state index is -2.11. The lowest BCUT2D eigenvalue weighted by Crippen LogP contribution is -2.58. The van der Waals surface area contributed by atoms with Gasteiger partial charge in [-0.25, -0.2) is 0 Å². The van der Waals surface area contributed by atoms with Gasteiger partial charge in [0.15, 0.2) is 24.7 Å². The number of aliphatic hydroxyl groups excluding tert-OH is 3. The third kappa shape index (κ3) is 9.88. The second kappa shape index (κ2) is 19.9. The number of rotatable bonds is 8. The van der Waals surface area contributed by atoms with Gasteiger partial charge in [-0.05, 0) is 57.3 Å². The van der Waals surface area contributed by atoms with Crippen LogP contribution in [0.25, 0.3) is 0 Å². The van der Waals surface area contributed by atoms with Crippen LogP contribution in [0.2, 0.25) is 0 Å². The minimum absolute atomic E-state index is 0.0314. The zero-order chi connectivity index (χ0) is 45.5. The summed E-state index contributed by atoms with van der Waals surface area (Å²) in [5.74, 6) is -3.04. The number of esters is 1. The van der Waals surface area contributed by atoms with Crippen molar-refractivity contribution in [2.24, 2.45) is 23.7 Å². The predicted octanol–water partition coefficient (Wildman–Crippen LogP) is 4.70. The first-order valence-electron chi connectivity index (χ1n) is 23.0. The Morgan fingerprint density at radius 3 is 2.27 bits per heavy atom. The van der Waals surface area contributed by atoms with E-state index >= 15 is 0 Å². The van der Waals surface area contributed by atoms with Crippen LogP contribution in [0.4, 0.5) is 0 Å². The molecule has 15 heteroatoms. The quantitative estimate of drug-likeness (QED) is 0.194. The Balaban J connectivity index is 1.20. The zero-order valence-electron chi connectivity index (χ0n) is 38.5. The van der Waals surface area contributed by atoms with Crippen LogP contribution in [-0.2, 0) is 52.2 Å². The van der Waals surface area contributed by atoms with Gasteiger partial charge in [0.05, 0.1) is 42.7 Å². The molecule has 4 fully saturated rings. The van der Waals surface area contributed by atoms with Crippen LogP contribution in [0.1, 0.15) is 93.9 Å². The van der Waals surface area contributed by atoms with E-state index in [9.17, 15) is 25.2 Å². The number of hydrogen-bond donors (Lipinski definition) is 4. The van der Waals surface area contributed by atoms with E-state index in [4.69, 9.17) is 47.4 Å². The van der Waals surface area contributed by atoms with Crippen LogP contribution >= 0.6 is 0 Å². The van der Waals surface area contributed by atoms with Gasteiger partial charge in [-0.3, -0.25) is 4.79 Å². The number of methoxy groups -OCH3 is 2. The fourth-order valence-electron chi connectivity index (χ4n) is 10.6. The molecule has 2 bridgehead atoms. The van der Waals surface area contributed by atoms with Crippen LogP contribution in [0, 0.1) is 23.7 Å². The lowest BCUT2D eigenvalue weighted by molar-refractivity contribution is -0.318. The van der Waals surface area contributed by atoms with Gasteiger partial charge in [0.1, 0.15) is 42.0 Å². The molecule has 15 nitrogen and oxygen atoms in total. The van der Waals surface area contributed by atoms with Crippen LogP contribution in [0.5, 0.6) is 0 Å². The molecule has 0 radical (unpaired) electrons. The van der Waals surface area contributed by atoms with E-state index in [-0.39, 0.29) is 35.9 Å². The maximum atomic E-state index is 14.4. The van der Waals surface area contributed by atoms with E-state index in [1.54, 1.807) is 40.2 Å². The Morgan fingerprint density at radius 2 is 1.56 bits per heavy atom. The zero-order valence-corrected chi connectivity index (χ0v) is 38.5. The van der Waals surface area contributed by atoms with Gasteiger partial charge < -0.3 is 67.8 Å². The van der Waals surface area contributed by atoms with Crippen LogP contribution in [0.15, 0.2) is 59.3 Å². The van der Waals surface area contributed by atoms with E-state index in [0.29, 0.717) is 31.3 Å². The second-order valence-corrected chi connectivity index (χ2v) is 19.1. The molecule has 1 aliphatic carbocycles. The molecule has 1 spiro atoms. The second-order valence-electron chi connectivity index (χ2n) is 19.1. The molecular weight excluding hydrogens is 817 g/mol. The summed E-state index contributed by atoms with van der Waals surface area (Å²) in [6.45, 7) is 15.8. The molecule has 354 valence electrons. The lowest BCUT2D eigenvalue weighted by Gasteiger charge is -2.48. The van der Waals surface area contributed by atoms with Crippen molar-refractivity contribution >= 4 is 5.97 Å². The lowest BCUT2D eigenvalue weighted by atomic mass is 9.70. The van der Waals surface area contributed by atoms with E-state index in [1.807, 2.05) is 32.9 Å². The summed E-state index contributed by atoms with van der Waals surface area (Å²) in [4.78, 5) is 14.4. The SMILES string of the molecule is CC[C@H](C)[C@H]1O[C@]2(C=C[C@@H]1C)C[C@@H]1C[C@@H](C/C=C(/C)[C@@H](O[C@H]3C[C@H](OC)[C@@H](O[C@H]4C[C@H](OC)[C@@H](O)[C@H](C)O4)[C@H](C)O3)[C@@H](C)/C=C\C=C3C(O)O[C@@H]4[C@H](O)C(C)=C[C@@H](C(=O)O1)[C@]34O)O2. The summed E-state index contributed by atoms with van der Waals surface area (Å²) < 4.78 is 63.3. The number of fused-ring (bicyclic) bond motifs is 2. The molecule has 4 saturated heterocycles. The summed E-state index contributed by atoms with van der Waals surface area (Å²) in [7, 11) is 3.19. The van der Waals surface area contributed by atoms with Crippen molar-refractivity contribution in [1.82, 2.24) is 0 Å². The number of aliphatic hydroxyl groups is 4. The van der Waals surface area contributed by atoms with Crippen molar-refractivity contribution in [2.75, 3.05) is 14.2 Å². The molecule has 0 aromatic heterocycles. The summed E-state index contributed by atoms with van der Waals surface area (Å²) in [6.07, 6.45) is 5.19. The van der Waals surface area contributed by atoms with Crippen molar-refractivity contribution in [3.05, 3.63) is 59.3 Å². The third-order valence-corrected chi connectivity index (χ3v) is 14.6. The van der Waals surface area contributed by atoms with Crippen molar-refractivity contribution < 1.29 is 72.6 Å². The fourth-order valence-corrected chi connectivity index (χ4v) is 10.6. The normalized spacial score (nSPS) is 48.9. The minimum Gasteiger partial charge on any atom is -0.462 e. The molecule has 0 aromatic carbocycles. The average molecular weight is 889 g/mol. The molecule has 21 atom stereocenters. The number of ether oxygens (including phenoxy) is 10. The molecule has 0 saturated carbocycles. The number of carbonyl (C=O) groups excluding carboxylic acids is 1. The van der Waals surface area contributed by atoms with Crippen molar-refractivity contribution in [3.8, 4) is 0 Å². The molecule has 0 aromatic rings. The Morgan fingerprint density at radius 1 is 0.857 bits per heavy atom. The first-order chi connectivity index (χ1) is 29.9. The Bertz CT molecular complexity index is 1760. The van der Waals surface area contributed by atoms with Gasteiger partial charge >= 0.3 is 5.97 Å². The highest BCUT2D eigenvalue weighted by molar-refractivity contribution is 5.78. The fraction of sp³-hybridized carbons (Fsp3) is 0.771. The Labute approximate surface area is 372 Å². The van der Waals surface area contributed by atoms with Crippen LogP contribution < -0.4 is 0 Å². The molecule has 4 N–H and O–H groups in total. The first-order valence-corrected chi connectivity index (χ1v) is 23.0. The highest BCUT2D eigenvalue weighted by atomic mass is 16.7. The van der Waals surface area contributed by atoms with Gasteiger partial charge in [0.25, 0.3) is 0 Å². The standard InChI is InChI=1S/C48H72O15/c1-11-24(2)42-27(5)17-18-47(63-42)23-32-20-31(62-47)16-15-26(4)41(59-38-22-36(55-10)43(30(8)57-38)60-37-21-35(54-9)40(50)29(7)56-37)25(3)13-12-14-33-45(51)61-44-39(49)28(6)19-34(46(52)58-32)48(33,44)53/h12-15,17-19,24-25,27,29-32,34-45,49-51,53H,11,16,20-23H2,1-10H3/b13-12-,26-15-,33-14?/t24-,25-,27-,29-,30-,31+,32-,34-,35-,36-,37-,38-,39+,40-,41-,42+,43-,44+,45?,47+,48+/m0/s1. The molecule has 6 aliphatic heterocycles. The summed E-state index contributed by atoms with van der Waals surface area (Å²) in [5, 5.41) is 45.5. The van der Waals surface area contributed by atoms with Crippen LogP contribution in [0.3, 0.4) is 0 Å². The summed E-state index contributed by atoms with van der Waals surface area (Å²) >= 11 is 0.